The van der Waals surface area contributed by atoms with Gasteiger partial charge in [0.1, 0.15) is 11.9 Å². The van der Waals surface area contributed by atoms with Crippen molar-refractivity contribution in [2.24, 2.45) is 0 Å². The third-order valence-corrected chi connectivity index (χ3v) is 5.69. The molecule has 0 heterocycles. The minimum Gasteiger partial charge on any atom is -0.508 e. The zero-order chi connectivity index (χ0) is 26.1. The predicted octanol–water partition coefficient (Wildman–Crippen LogP) is 4.95. The van der Waals surface area contributed by atoms with Crippen LogP contribution in [0.3, 0.4) is 0 Å². The molecule has 0 aliphatic heterocycles. The third kappa shape index (κ3) is 7.21. The number of nitriles is 1. The minimum absolute atomic E-state index is 0.108. The summed E-state index contributed by atoms with van der Waals surface area (Å²) in [6, 6.07) is 19.9. The molecule has 0 fully saturated rings. The van der Waals surface area contributed by atoms with Crippen LogP contribution < -0.4 is 16.4 Å². The predicted molar refractivity (Wildman–Crippen MR) is 144 cm³/mol. The van der Waals surface area contributed by atoms with E-state index in [4.69, 9.17) is 20.5 Å². The Balaban J connectivity index is 1.83. The molecule has 0 spiro atoms. The van der Waals surface area contributed by atoms with Crippen LogP contribution in [0, 0.1) is 14.9 Å². The van der Waals surface area contributed by atoms with Crippen LogP contribution in [0.25, 0.3) is 0 Å². The van der Waals surface area contributed by atoms with Crippen LogP contribution in [0.4, 0.5) is 21.9 Å². The number of anilines is 3. The monoisotopic (exact) mass is 598 g/mol. The molecule has 3 rings (SSSR count). The average molecular weight is 598 g/mol. The highest BCUT2D eigenvalue weighted by atomic mass is 127. The van der Waals surface area contributed by atoms with E-state index in [9.17, 15) is 14.7 Å². The summed E-state index contributed by atoms with van der Waals surface area (Å²) in [6.45, 7) is 0. The highest BCUT2D eigenvalue weighted by Gasteiger charge is 2.28. The summed E-state index contributed by atoms with van der Waals surface area (Å²) in [7, 11) is 1.39. The lowest BCUT2D eigenvalue weighted by Gasteiger charge is -2.25. The van der Waals surface area contributed by atoms with E-state index in [1.54, 1.807) is 60.7 Å². The number of hydrogen-bond acceptors (Lipinski definition) is 7. The van der Waals surface area contributed by atoms with Crippen LogP contribution >= 0.6 is 22.6 Å². The molecular formula is C26H23IN4O5. The van der Waals surface area contributed by atoms with Crippen LogP contribution in [0.2, 0.25) is 0 Å². The van der Waals surface area contributed by atoms with Crippen molar-refractivity contribution < 1.29 is 24.2 Å². The number of amides is 2. The number of benzene rings is 3. The van der Waals surface area contributed by atoms with E-state index in [-0.39, 0.29) is 5.75 Å². The first-order chi connectivity index (χ1) is 17.3. The van der Waals surface area contributed by atoms with Crippen molar-refractivity contribution in [2.75, 3.05) is 23.5 Å². The molecule has 0 unspecified atom stereocenters. The number of rotatable bonds is 8. The van der Waals surface area contributed by atoms with Crippen LogP contribution in [0.5, 0.6) is 5.75 Å². The van der Waals surface area contributed by atoms with Crippen molar-refractivity contribution in [2.45, 2.75) is 12.2 Å². The summed E-state index contributed by atoms with van der Waals surface area (Å²) in [5.74, 6) is -0.578. The minimum atomic E-state index is -1.10. The van der Waals surface area contributed by atoms with Gasteiger partial charge in [0.25, 0.3) is 0 Å². The number of nitrogens with two attached hydrogens (primary N) is 1. The Morgan fingerprint density at radius 1 is 1.11 bits per heavy atom. The van der Waals surface area contributed by atoms with Gasteiger partial charge in [-0.25, -0.2) is 4.79 Å². The van der Waals surface area contributed by atoms with Crippen molar-refractivity contribution in [3.8, 4) is 11.8 Å². The second kappa shape index (κ2) is 12.6. The summed E-state index contributed by atoms with van der Waals surface area (Å²) in [5, 5.41) is 24.7. The number of halogens is 1. The number of phenols is 1. The second-order valence-electron chi connectivity index (χ2n) is 7.48. The molecular weight excluding hydrogens is 575 g/mol. The van der Waals surface area contributed by atoms with Crippen LogP contribution in [0.1, 0.15) is 17.2 Å². The number of ether oxygens (including phenoxy) is 2. The number of nitrogens with one attached hydrogen (secondary N) is 2. The highest BCUT2D eigenvalue weighted by Crippen LogP contribution is 2.33. The maximum Gasteiger partial charge on any atom is 0.412 e. The van der Waals surface area contributed by atoms with Gasteiger partial charge in [0.05, 0.1) is 23.0 Å². The fourth-order valence-corrected chi connectivity index (χ4v) is 3.74. The number of nitrogen functional groups attached to an aromatic ring is 1. The van der Waals surface area contributed by atoms with Crippen molar-refractivity contribution in [3.63, 3.8) is 0 Å². The van der Waals surface area contributed by atoms with E-state index in [1.807, 2.05) is 6.07 Å². The number of hydrogen-bond donors (Lipinski definition) is 4. The van der Waals surface area contributed by atoms with Crippen molar-refractivity contribution in [1.29, 1.82) is 5.26 Å². The van der Waals surface area contributed by atoms with E-state index < -0.39 is 24.2 Å². The maximum absolute atomic E-state index is 12.7. The summed E-state index contributed by atoms with van der Waals surface area (Å²) in [6.07, 6.45) is -0.193. The molecule has 0 saturated carbocycles. The molecule has 184 valence electrons. The number of carbonyl (C=O) groups is 2. The van der Waals surface area contributed by atoms with Gasteiger partial charge < -0.3 is 25.6 Å². The summed E-state index contributed by atoms with van der Waals surface area (Å²) in [5.41, 5.74) is 7.87. The Labute approximate surface area is 221 Å². The van der Waals surface area contributed by atoms with Gasteiger partial charge in [-0.15, -0.1) is 0 Å². The molecule has 36 heavy (non-hydrogen) atoms. The SMILES string of the molecule is CO[C@@H](/C=C/C(=O)Nc1ccccc1N)[C@@H](OC(=O)Nc1ccc(C#N)cc1)c1cc(I)ccc1O. The summed E-state index contributed by atoms with van der Waals surface area (Å²) >= 11 is 2.07. The van der Waals surface area contributed by atoms with Gasteiger partial charge in [0.2, 0.25) is 5.91 Å². The van der Waals surface area contributed by atoms with E-state index in [0.29, 0.717) is 28.2 Å². The molecule has 0 aliphatic carbocycles. The lowest BCUT2D eigenvalue weighted by Crippen LogP contribution is -2.27. The molecule has 2 amide bonds. The maximum atomic E-state index is 12.7. The van der Waals surface area contributed by atoms with Crippen molar-refractivity contribution >= 4 is 51.7 Å². The first kappa shape index (κ1) is 26.5. The van der Waals surface area contributed by atoms with E-state index in [1.165, 1.54) is 25.3 Å². The Bertz CT molecular complexity index is 1300. The second-order valence-corrected chi connectivity index (χ2v) is 8.72. The molecule has 0 aliphatic rings. The zero-order valence-corrected chi connectivity index (χ0v) is 21.3. The number of nitrogens with zero attached hydrogens (tertiary/aromatic N) is 1. The molecule has 9 nitrogen and oxygen atoms in total. The third-order valence-electron chi connectivity index (χ3n) is 5.02. The Hall–Kier alpha value is -4.08. The molecule has 0 aromatic heterocycles. The lowest BCUT2D eigenvalue weighted by molar-refractivity contribution is -0.112. The topological polar surface area (TPSA) is 147 Å². The van der Waals surface area contributed by atoms with E-state index >= 15 is 0 Å². The molecule has 3 aromatic rings. The largest absolute Gasteiger partial charge is 0.508 e. The van der Waals surface area contributed by atoms with Crippen LogP contribution in [-0.2, 0) is 14.3 Å². The first-order valence-corrected chi connectivity index (χ1v) is 11.7. The Kier molecular flexibility index (Phi) is 9.26. The Morgan fingerprint density at radius 3 is 2.50 bits per heavy atom. The average Bonchev–Trinajstić information content (AvgIpc) is 2.87. The first-order valence-electron chi connectivity index (χ1n) is 10.6. The fourth-order valence-electron chi connectivity index (χ4n) is 3.22. The standard InChI is InChI=1S/C26H23IN4O5/c1-35-23(12-13-24(33)31-21-5-3-2-4-20(21)29)25(19-14-17(27)8-11-22(19)32)36-26(34)30-18-9-6-16(15-28)7-10-18/h2-14,23,25,32H,29H2,1H3,(H,30,34)(H,31,33)/b13-12+/t23-,25-/m0/s1. The van der Waals surface area contributed by atoms with Crippen molar-refractivity contribution in [1.82, 2.24) is 0 Å². The number of para-hydroxylation sites is 2. The molecule has 5 N–H and O–H groups in total. The molecule has 3 aromatic carbocycles. The van der Waals surface area contributed by atoms with Gasteiger partial charge in [0.15, 0.2) is 6.10 Å². The van der Waals surface area contributed by atoms with Gasteiger partial charge in [0, 0.05) is 28.0 Å². The lowest BCUT2D eigenvalue weighted by atomic mass is 10.0. The molecule has 10 heteroatoms. The summed E-state index contributed by atoms with van der Waals surface area (Å²) in [4.78, 5) is 25.2. The molecule has 0 radical (unpaired) electrons. The van der Waals surface area contributed by atoms with Gasteiger partial charge in [-0.05, 0) is 83.3 Å². The van der Waals surface area contributed by atoms with Gasteiger partial charge in [-0.1, -0.05) is 12.1 Å². The Morgan fingerprint density at radius 2 is 1.83 bits per heavy atom. The normalized spacial score (nSPS) is 12.4. The molecule has 0 bridgehead atoms. The molecule has 0 saturated heterocycles. The van der Waals surface area contributed by atoms with Gasteiger partial charge in [-0.2, -0.15) is 5.26 Å². The number of methoxy groups -OCH3 is 1. The van der Waals surface area contributed by atoms with Crippen LogP contribution in [-0.4, -0.2) is 30.3 Å². The van der Waals surface area contributed by atoms with Crippen molar-refractivity contribution in [3.05, 3.63) is 93.6 Å². The van der Waals surface area contributed by atoms with Crippen LogP contribution in [0.15, 0.2) is 78.9 Å². The number of carbonyl (C=O) groups excluding carboxylic acids is 2. The van der Waals surface area contributed by atoms with Gasteiger partial charge in [-0.3, -0.25) is 10.1 Å². The number of aromatic hydroxyl groups is 1. The fraction of sp³-hybridized carbons (Fsp3) is 0.115. The van der Waals surface area contributed by atoms with E-state index in [2.05, 4.69) is 33.2 Å². The molecule has 2 atom stereocenters. The summed E-state index contributed by atoms with van der Waals surface area (Å²) < 4.78 is 12.0. The number of phenolic OH excluding ortho intramolecular Hbond substituents is 1. The smallest absolute Gasteiger partial charge is 0.412 e. The quantitative estimate of drug-likeness (QED) is 0.163. The van der Waals surface area contributed by atoms with E-state index in [0.717, 1.165) is 3.57 Å². The highest BCUT2D eigenvalue weighted by molar-refractivity contribution is 14.1. The van der Waals surface area contributed by atoms with Gasteiger partial charge >= 0.3 is 6.09 Å². The zero-order valence-electron chi connectivity index (χ0n) is 19.1.